The van der Waals surface area contributed by atoms with Crippen LogP contribution >= 0.6 is 0 Å². The lowest BCUT2D eigenvalue weighted by Crippen LogP contribution is -2.45. The number of rotatable bonds is 2. The van der Waals surface area contributed by atoms with Crippen LogP contribution < -0.4 is 5.32 Å². The van der Waals surface area contributed by atoms with Crippen LogP contribution in [-0.4, -0.2) is 40.5 Å². The Morgan fingerprint density at radius 3 is 2.55 bits per heavy atom. The van der Waals surface area contributed by atoms with Gasteiger partial charge in [-0.05, 0) is 38.0 Å². The van der Waals surface area contributed by atoms with Gasteiger partial charge >= 0.3 is 0 Å². The predicted molar refractivity (Wildman–Crippen MR) is 76.5 cm³/mol. The molecule has 1 fully saturated rings. The Balaban J connectivity index is 2.08. The highest BCUT2D eigenvalue weighted by atomic mass is 16.3. The molecule has 1 aromatic carbocycles. The summed E-state index contributed by atoms with van der Waals surface area (Å²) < 4.78 is 0. The van der Waals surface area contributed by atoms with Crippen LogP contribution in [0.15, 0.2) is 24.3 Å². The van der Waals surface area contributed by atoms with E-state index in [0.717, 1.165) is 0 Å². The van der Waals surface area contributed by atoms with E-state index in [9.17, 15) is 14.7 Å². The fourth-order valence-electron chi connectivity index (χ4n) is 2.31. The quantitative estimate of drug-likeness (QED) is 0.862. The first-order chi connectivity index (χ1) is 9.37. The van der Waals surface area contributed by atoms with E-state index >= 15 is 0 Å². The third-order valence-corrected chi connectivity index (χ3v) is 3.56. The fraction of sp³-hybridized carbons (Fsp3) is 0.467. The molecular formula is C15H20N2O3. The maximum Gasteiger partial charge on any atom is 0.253 e. The highest BCUT2D eigenvalue weighted by molar-refractivity contribution is 5.96. The van der Waals surface area contributed by atoms with Crippen LogP contribution in [-0.2, 0) is 4.79 Å². The highest BCUT2D eigenvalue weighted by Crippen LogP contribution is 2.23. The maximum absolute atomic E-state index is 12.4. The molecule has 108 valence electrons. The average molecular weight is 276 g/mol. The lowest BCUT2D eigenvalue weighted by atomic mass is 9.93. The molecule has 0 bridgehead atoms. The van der Waals surface area contributed by atoms with Crippen molar-refractivity contribution in [1.82, 2.24) is 4.90 Å². The summed E-state index contributed by atoms with van der Waals surface area (Å²) in [6.45, 7) is 4.33. The van der Waals surface area contributed by atoms with Crippen LogP contribution in [0.25, 0.3) is 0 Å². The van der Waals surface area contributed by atoms with Gasteiger partial charge in [0.25, 0.3) is 5.91 Å². The number of likely N-dealkylation sites (tertiary alicyclic amines) is 1. The molecule has 0 radical (unpaired) electrons. The van der Waals surface area contributed by atoms with Crippen molar-refractivity contribution in [1.29, 1.82) is 0 Å². The first kappa shape index (κ1) is 14.5. The monoisotopic (exact) mass is 276 g/mol. The molecule has 2 amide bonds. The summed E-state index contributed by atoms with van der Waals surface area (Å²) in [5.41, 5.74) is 0.500. The lowest BCUT2D eigenvalue weighted by Gasteiger charge is -2.35. The zero-order chi connectivity index (χ0) is 14.8. The molecular weight excluding hydrogens is 256 g/mol. The van der Waals surface area contributed by atoms with Crippen LogP contribution in [0.2, 0.25) is 0 Å². The first-order valence-corrected chi connectivity index (χ1v) is 6.77. The molecule has 0 saturated carbocycles. The third-order valence-electron chi connectivity index (χ3n) is 3.56. The molecule has 0 spiro atoms. The third kappa shape index (κ3) is 3.57. The van der Waals surface area contributed by atoms with Crippen molar-refractivity contribution in [3.8, 4) is 0 Å². The zero-order valence-corrected chi connectivity index (χ0v) is 11.8. The van der Waals surface area contributed by atoms with Crippen molar-refractivity contribution in [2.24, 2.45) is 0 Å². The number of hydrogen-bond acceptors (Lipinski definition) is 3. The molecule has 0 aromatic heterocycles. The number of anilines is 1. The summed E-state index contributed by atoms with van der Waals surface area (Å²) in [4.78, 5) is 25.2. The van der Waals surface area contributed by atoms with Crippen LogP contribution in [0, 0.1) is 0 Å². The summed E-state index contributed by atoms with van der Waals surface area (Å²) >= 11 is 0. The van der Waals surface area contributed by atoms with E-state index in [4.69, 9.17) is 0 Å². The van der Waals surface area contributed by atoms with Crippen molar-refractivity contribution in [3.05, 3.63) is 29.8 Å². The lowest BCUT2D eigenvalue weighted by molar-refractivity contribution is -0.114. The molecule has 1 heterocycles. The van der Waals surface area contributed by atoms with Gasteiger partial charge in [0.15, 0.2) is 0 Å². The summed E-state index contributed by atoms with van der Waals surface area (Å²) in [5.74, 6) is -0.226. The number of nitrogens with zero attached hydrogens (tertiary/aromatic N) is 1. The van der Waals surface area contributed by atoms with Crippen LogP contribution in [0.1, 0.15) is 37.0 Å². The van der Waals surface area contributed by atoms with E-state index in [2.05, 4.69) is 5.32 Å². The predicted octanol–water partition coefficient (Wildman–Crippen LogP) is 1.63. The Morgan fingerprint density at radius 1 is 1.30 bits per heavy atom. The second-order valence-electron chi connectivity index (χ2n) is 5.55. The summed E-state index contributed by atoms with van der Waals surface area (Å²) in [5, 5.41) is 12.6. The molecule has 1 aliphatic heterocycles. The van der Waals surface area contributed by atoms with Crippen molar-refractivity contribution in [2.45, 2.75) is 32.3 Å². The van der Waals surface area contributed by atoms with E-state index < -0.39 is 5.60 Å². The number of carbonyl (C=O) groups excluding carboxylic acids is 2. The van der Waals surface area contributed by atoms with Crippen molar-refractivity contribution in [3.63, 3.8) is 0 Å². The van der Waals surface area contributed by atoms with Gasteiger partial charge in [-0.3, -0.25) is 9.59 Å². The Bertz CT molecular complexity index is 516. The van der Waals surface area contributed by atoms with E-state index in [-0.39, 0.29) is 11.8 Å². The number of benzene rings is 1. The SMILES string of the molecule is CC(=O)Nc1cccc(C(=O)N2CCC(C)(O)CC2)c1. The van der Waals surface area contributed by atoms with Gasteiger partial charge in [0, 0.05) is 31.3 Å². The van der Waals surface area contributed by atoms with E-state index in [1.807, 2.05) is 0 Å². The molecule has 1 aliphatic rings. The topological polar surface area (TPSA) is 69.6 Å². The van der Waals surface area contributed by atoms with Crippen LogP contribution in [0.5, 0.6) is 0 Å². The highest BCUT2D eigenvalue weighted by Gasteiger charge is 2.29. The average Bonchev–Trinajstić information content (AvgIpc) is 2.37. The molecule has 0 aliphatic carbocycles. The smallest absolute Gasteiger partial charge is 0.253 e. The zero-order valence-electron chi connectivity index (χ0n) is 11.8. The largest absolute Gasteiger partial charge is 0.390 e. The van der Waals surface area contributed by atoms with E-state index in [0.29, 0.717) is 37.2 Å². The minimum absolute atomic E-state index is 0.0623. The molecule has 1 aromatic rings. The molecule has 2 rings (SSSR count). The first-order valence-electron chi connectivity index (χ1n) is 6.77. The van der Waals surface area contributed by atoms with Gasteiger partial charge in [0.1, 0.15) is 0 Å². The molecule has 20 heavy (non-hydrogen) atoms. The molecule has 5 heteroatoms. The Kier molecular flexibility index (Phi) is 4.09. The molecule has 5 nitrogen and oxygen atoms in total. The Labute approximate surface area is 118 Å². The fourth-order valence-corrected chi connectivity index (χ4v) is 2.31. The standard InChI is InChI=1S/C15H20N2O3/c1-11(18)16-13-5-3-4-12(10-13)14(19)17-8-6-15(2,20)7-9-17/h3-5,10,20H,6-9H2,1-2H3,(H,16,18). The normalized spacial score (nSPS) is 17.6. The number of piperidine rings is 1. The Hall–Kier alpha value is -1.88. The van der Waals surface area contributed by atoms with E-state index in [1.54, 1.807) is 36.1 Å². The minimum Gasteiger partial charge on any atom is -0.390 e. The van der Waals surface area contributed by atoms with Gasteiger partial charge < -0.3 is 15.3 Å². The number of amides is 2. The summed E-state index contributed by atoms with van der Waals surface area (Å²) in [7, 11) is 0. The van der Waals surface area contributed by atoms with E-state index in [1.165, 1.54) is 6.92 Å². The van der Waals surface area contributed by atoms with Crippen molar-refractivity contribution in [2.75, 3.05) is 18.4 Å². The van der Waals surface area contributed by atoms with Crippen LogP contribution in [0.4, 0.5) is 5.69 Å². The maximum atomic E-state index is 12.4. The molecule has 0 unspecified atom stereocenters. The second-order valence-corrected chi connectivity index (χ2v) is 5.55. The van der Waals surface area contributed by atoms with Gasteiger partial charge in [-0.15, -0.1) is 0 Å². The number of hydrogen-bond donors (Lipinski definition) is 2. The van der Waals surface area contributed by atoms with Crippen molar-refractivity contribution < 1.29 is 14.7 Å². The number of nitrogens with one attached hydrogen (secondary N) is 1. The minimum atomic E-state index is -0.672. The summed E-state index contributed by atoms with van der Waals surface area (Å²) in [6.07, 6.45) is 1.17. The van der Waals surface area contributed by atoms with Crippen molar-refractivity contribution >= 4 is 17.5 Å². The Morgan fingerprint density at radius 2 is 1.95 bits per heavy atom. The van der Waals surface area contributed by atoms with Gasteiger partial charge in [-0.25, -0.2) is 0 Å². The number of carbonyl (C=O) groups is 2. The molecule has 1 saturated heterocycles. The summed E-state index contributed by atoms with van der Waals surface area (Å²) in [6, 6.07) is 6.91. The molecule has 2 N–H and O–H groups in total. The van der Waals surface area contributed by atoms with Gasteiger partial charge in [0.2, 0.25) is 5.91 Å². The molecule has 0 atom stereocenters. The van der Waals surface area contributed by atoms with Gasteiger partial charge in [0.05, 0.1) is 5.60 Å². The second kappa shape index (κ2) is 5.63. The van der Waals surface area contributed by atoms with Crippen LogP contribution in [0.3, 0.4) is 0 Å². The van der Waals surface area contributed by atoms with Gasteiger partial charge in [-0.1, -0.05) is 6.07 Å². The number of aliphatic hydroxyl groups is 1. The van der Waals surface area contributed by atoms with Gasteiger partial charge in [-0.2, -0.15) is 0 Å².